The second kappa shape index (κ2) is 10.0. The molecule has 170 valence electrons. The predicted octanol–water partition coefficient (Wildman–Crippen LogP) is 1.87. The van der Waals surface area contributed by atoms with Crippen LogP contribution in [0, 0.1) is 21.4 Å². The summed E-state index contributed by atoms with van der Waals surface area (Å²) in [6, 6.07) is 7.21. The summed E-state index contributed by atoms with van der Waals surface area (Å²) in [5.41, 5.74) is 0.00413. The third-order valence-corrected chi connectivity index (χ3v) is 7.73. The van der Waals surface area contributed by atoms with E-state index in [2.05, 4.69) is 5.32 Å². The molecule has 1 aromatic carbocycles. The molecule has 1 aromatic heterocycles. The fourth-order valence-electron chi connectivity index (χ4n) is 3.26. The molecule has 11 nitrogen and oxygen atoms in total. The molecule has 0 bridgehead atoms. The Bertz CT molecular complexity index is 1150. The second-order valence-electron chi connectivity index (χ2n) is 6.91. The number of carbonyl (C=O) groups is 1. The largest absolute Gasteiger partial charge is 0.490 e. The van der Waals surface area contributed by atoms with Gasteiger partial charge in [0.2, 0.25) is 15.9 Å². The summed E-state index contributed by atoms with van der Waals surface area (Å²) in [7, 11) is -2.62. The molecule has 32 heavy (non-hydrogen) atoms. The van der Waals surface area contributed by atoms with Crippen LogP contribution in [0.3, 0.4) is 0 Å². The van der Waals surface area contributed by atoms with Gasteiger partial charge in [-0.3, -0.25) is 14.9 Å². The van der Waals surface area contributed by atoms with E-state index in [1.807, 2.05) is 11.0 Å². The number of nitrogens with one attached hydrogen (secondary N) is 1. The number of thiophene rings is 1. The molecule has 1 fully saturated rings. The third-order valence-electron chi connectivity index (χ3n) is 5.01. The lowest BCUT2D eigenvalue weighted by Gasteiger charge is -2.33. The number of piperazine rings is 1. The van der Waals surface area contributed by atoms with Gasteiger partial charge in [0.15, 0.2) is 5.75 Å². The first kappa shape index (κ1) is 23.6. The highest BCUT2D eigenvalue weighted by Crippen LogP contribution is 2.30. The monoisotopic (exact) mass is 479 g/mol. The van der Waals surface area contributed by atoms with Gasteiger partial charge in [-0.2, -0.15) is 9.57 Å². The Balaban J connectivity index is 1.56. The van der Waals surface area contributed by atoms with Crippen LogP contribution < -0.4 is 10.1 Å². The molecule has 0 radical (unpaired) electrons. The van der Waals surface area contributed by atoms with Crippen LogP contribution in [0.15, 0.2) is 34.5 Å². The zero-order valence-electron chi connectivity index (χ0n) is 17.2. The van der Waals surface area contributed by atoms with E-state index >= 15 is 0 Å². The van der Waals surface area contributed by atoms with Gasteiger partial charge in [-0.25, -0.2) is 8.42 Å². The quantitative estimate of drug-likeness (QED) is 0.446. The van der Waals surface area contributed by atoms with Crippen molar-refractivity contribution in [3.8, 4) is 11.8 Å². The standard InChI is InChI=1S/C19H21N5O6S2/c1-30-17-3-2-15(12-16(17)24(26)27)32(28,29)23-9-7-22(8-10-23)6-4-18(25)21-19-14(13-20)5-11-31-19/h2-3,5,11-12H,4,6-10H2,1H3,(H,21,25). The van der Waals surface area contributed by atoms with E-state index in [9.17, 15) is 23.3 Å². The fourth-order valence-corrected chi connectivity index (χ4v) is 5.45. The van der Waals surface area contributed by atoms with Crippen molar-refractivity contribution >= 4 is 38.0 Å². The number of nitro benzene ring substituents is 1. The molecule has 0 saturated carbocycles. The molecule has 0 unspecified atom stereocenters. The van der Waals surface area contributed by atoms with Gasteiger partial charge in [-0.1, -0.05) is 0 Å². The normalized spacial score (nSPS) is 15.1. The zero-order valence-corrected chi connectivity index (χ0v) is 18.8. The number of anilines is 1. The van der Waals surface area contributed by atoms with Crippen LogP contribution in [0.1, 0.15) is 12.0 Å². The average Bonchev–Trinajstić information content (AvgIpc) is 3.24. The highest BCUT2D eigenvalue weighted by atomic mass is 32.2. The van der Waals surface area contributed by atoms with Gasteiger partial charge in [0.25, 0.3) is 0 Å². The molecule has 1 aliphatic heterocycles. The molecule has 0 aliphatic carbocycles. The summed E-state index contributed by atoms with van der Waals surface area (Å²) in [4.78, 5) is 24.5. The number of nitro groups is 1. The van der Waals surface area contributed by atoms with Crippen molar-refractivity contribution in [3.63, 3.8) is 0 Å². The van der Waals surface area contributed by atoms with Crippen LogP contribution >= 0.6 is 11.3 Å². The molecule has 3 rings (SSSR count). The van der Waals surface area contributed by atoms with Crippen molar-refractivity contribution in [2.45, 2.75) is 11.3 Å². The molecule has 13 heteroatoms. The number of nitrogens with zero attached hydrogens (tertiary/aromatic N) is 4. The molecule has 1 N–H and O–H groups in total. The van der Waals surface area contributed by atoms with Crippen LogP contribution in [0.25, 0.3) is 0 Å². The number of hydrogen-bond donors (Lipinski definition) is 1. The lowest BCUT2D eigenvalue weighted by atomic mass is 10.3. The number of nitriles is 1. The van der Waals surface area contributed by atoms with E-state index in [0.29, 0.717) is 30.2 Å². The highest BCUT2D eigenvalue weighted by molar-refractivity contribution is 7.89. The van der Waals surface area contributed by atoms with Gasteiger partial charge in [0, 0.05) is 45.2 Å². The molecule has 1 aliphatic rings. The van der Waals surface area contributed by atoms with Crippen molar-refractivity contribution in [3.05, 3.63) is 45.3 Å². The molecular formula is C19H21N5O6S2. The van der Waals surface area contributed by atoms with Gasteiger partial charge in [-0.05, 0) is 23.6 Å². The van der Waals surface area contributed by atoms with Crippen molar-refractivity contribution in [1.29, 1.82) is 5.26 Å². The lowest BCUT2D eigenvalue weighted by Crippen LogP contribution is -2.49. The van der Waals surface area contributed by atoms with Gasteiger partial charge in [0.1, 0.15) is 11.1 Å². The number of rotatable bonds is 8. The number of sulfonamides is 1. The van der Waals surface area contributed by atoms with Crippen LogP contribution in [0.4, 0.5) is 10.7 Å². The number of carbonyl (C=O) groups excluding carboxylic acids is 1. The molecule has 0 spiro atoms. The predicted molar refractivity (Wildman–Crippen MR) is 117 cm³/mol. The van der Waals surface area contributed by atoms with E-state index in [-0.39, 0.29) is 36.1 Å². The van der Waals surface area contributed by atoms with Gasteiger partial charge >= 0.3 is 5.69 Å². The van der Waals surface area contributed by atoms with E-state index in [1.54, 1.807) is 11.4 Å². The lowest BCUT2D eigenvalue weighted by molar-refractivity contribution is -0.386. The van der Waals surface area contributed by atoms with E-state index in [4.69, 9.17) is 10.00 Å². The van der Waals surface area contributed by atoms with Gasteiger partial charge in [-0.15, -0.1) is 11.3 Å². The maximum atomic E-state index is 12.9. The van der Waals surface area contributed by atoms with Crippen LogP contribution in [0.5, 0.6) is 5.75 Å². The Morgan fingerprint density at radius 2 is 2.03 bits per heavy atom. The maximum absolute atomic E-state index is 12.9. The van der Waals surface area contributed by atoms with Crippen LogP contribution in [-0.2, 0) is 14.8 Å². The Labute approximate surface area is 189 Å². The van der Waals surface area contributed by atoms with Crippen molar-refractivity contribution < 1.29 is 22.9 Å². The molecule has 1 saturated heterocycles. The summed E-state index contributed by atoms with van der Waals surface area (Å²) in [6.07, 6.45) is 0.209. The van der Waals surface area contributed by atoms with Crippen LogP contribution in [-0.4, -0.2) is 68.3 Å². The number of amides is 1. The van der Waals surface area contributed by atoms with Crippen molar-refractivity contribution in [1.82, 2.24) is 9.21 Å². The summed E-state index contributed by atoms with van der Waals surface area (Å²) in [6.45, 7) is 1.70. The number of hydrogen-bond acceptors (Lipinski definition) is 9. The molecular weight excluding hydrogens is 458 g/mol. The average molecular weight is 480 g/mol. The highest BCUT2D eigenvalue weighted by Gasteiger charge is 2.30. The topological polar surface area (TPSA) is 146 Å². The third kappa shape index (κ3) is 5.22. The first-order valence-corrected chi connectivity index (χ1v) is 11.9. The van der Waals surface area contributed by atoms with E-state index in [0.717, 1.165) is 6.07 Å². The minimum Gasteiger partial charge on any atom is -0.490 e. The first-order chi connectivity index (χ1) is 15.3. The van der Waals surface area contributed by atoms with E-state index < -0.39 is 20.6 Å². The Morgan fingerprint density at radius 1 is 1.31 bits per heavy atom. The fraction of sp³-hybridized carbons (Fsp3) is 0.368. The number of ether oxygens (including phenoxy) is 1. The van der Waals surface area contributed by atoms with Crippen LogP contribution in [0.2, 0.25) is 0 Å². The molecule has 0 atom stereocenters. The minimum atomic E-state index is -3.90. The number of methoxy groups -OCH3 is 1. The molecule has 2 heterocycles. The summed E-state index contributed by atoms with van der Waals surface area (Å²) < 4.78 is 32.1. The van der Waals surface area contributed by atoms with Crippen molar-refractivity contribution in [2.75, 3.05) is 45.2 Å². The number of benzene rings is 1. The summed E-state index contributed by atoms with van der Waals surface area (Å²) in [5.74, 6) is -0.231. The Hall–Kier alpha value is -3.05. The Morgan fingerprint density at radius 3 is 2.66 bits per heavy atom. The minimum absolute atomic E-state index is 0.0125. The van der Waals surface area contributed by atoms with Gasteiger partial charge < -0.3 is 15.0 Å². The molecule has 2 aromatic rings. The SMILES string of the molecule is COc1ccc(S(=O)(=O)N2CCN(CCC(=O)Nc3sccc3C#N)CC2)cc1[N+](=O)[O-]. The second-order valence-corrected chi connectivity index (χ2v) is 9.76. The summed E-state index contributed by atoms with van der Waals surface area (Å²) >= 11 is 1.28. The van der Waals surface area contributed by atoms with E-state index in [1.165, 1.54) is 34.9 Å². The first-order valence-electron chi connectivity index (χ1n) is 9.58. The summed E-state index contributed by atoms with van der Waals surface area (Å²) in [5, 5.41) is 25.2. The zero-order chi connectivity index (χ0) is 23.3. The molecule has 1 amide bonds. The smallest absolute Gasteiger partial charge is 0.312 e. The Kier molecular flexibility index (Phi) is 7.41. The van der Waals surface area contributed by atoms with Crippen molar-refractivity contribution in [2.24, 2.45) is 0 Å². The van der Waals surface area contributed by atoms with Gasteiger partial charge in [0.05, 0.1) is 22.5 Å². The maximum Gasteiger partial charge on any atom is 0.312 e.